The van der Waals surface area contributed by atoms with Crippen LogP contribution in [0.1, 0.15) is 84.8 Å². The average molecular weight is 751 g/mol. The van der Waals surface area contributed by atoms with E-state index in [4.69, 9.17) is 42.5 Å². The highest BCUT2D eigenvalue weighted by Gasteiger charge is 2.33. The molecule has 3 aliphatic rings. The van der Waals surface area contributed by atoms with Gasteiger partial charge >= 0.3 is 5.97 Å². The summed E-state index contributed by atoms with van der Waals surface area (Å²) >= 11 is 13.6. The molecule has 2 aliphatic carbocycles. The summed E-state index contributed by atoms with van der Waals surface area (Å²) in [4.78, 5) is 37.7. The summed E-state index contributed by atoms with van der Waals surface area (Å²) in [7, 11) is 1.88. The van der Waals surface area contributed by atoms with Crippen molar-refractivity contribution in [3.8, 4) is 22.6 Å². The van der Waals surface area contributed by atoms with Gasteiger partial charge in [-0.25, -0.2) is 9.37 Å². The topological polar surface area (TPSA) is 107 Å². The van der Waals surface area contributed by atoms with Crippen LogP contribution in [0.15, 0.2) is 42.5 Å². The number of aromatic nitrogens is 2. The molecule has 4 aromatic rings. The number of fused-ring (bicyclic) bond motifs is 2. The van der Waals surface area contributed by atoms with Crippen molar-refractivity contribution in [2.75, 3.05) is 18.5 Å². The number of hydroxylamine groups is 1. The minimum absolute atomic E-state index is 0.0992. The third kappa shape index (κ3) is 7.11. The Labute approximate surface area is 312 Å². The Morgan fingerprint density at radius 2 is 1.81 bits per heavy atom. The molecule has 1 aromatic heterocycles. The van der Waals surface area contributed by atoms with Crippen LogP contribution in [0.3, 0.4) is 0 Å². The summed E-state index contributed by atoms with van der Waals surface area (Å²) in [5, 5.41) is 3.23. The number of hydrogen-bond donors (Lipinski definition) is 2. The van der Waals surface area contributed by atoms with Gasteiger partial charge in [0.1, 0.15) is 22.6 Å². The molecule has 10 nitrogen and oxygen atoms in total. The average Bonchev–Trinajstić information content (AvgIpc) is 3.83. The molecule has 1 saturated carbocycles. The lowest BCUT2D eigenvalue weighted by atomic mass is 9.96. The third-order valence-electron chi connectivity index (χ3n) is 10.1. The molecule has 2 heterocycles. The number of carbonyl (C=O) groups excluding carboxylic acids is 2. The Morgan fingerprint density at radius 3 is 2.56 bits per heavy atom. The molecule has 0 saturated heterocycles. The number of anilines is 1. The SMILES string of the molecule is CCOc1cc(OC2CCc3c(-c4cccc(NC(=O)c5nc6c(n5C)CCN(C(C)C)C6)c4Cl)cccc32)c(Cl)c(F)c1CNOC(=O)C1CC1. The van der Waals surface area contributed by atoms with Gasteiger partial charge in [0.05, 0.1) is 35.5 Å². The van der Waals surface area contributed by atoms with Crippen LogP contribution in [0.5, 0.6) is 11.5 Å². The number of hydrogen-bond acceptors (Lipinski definition) is 8. The second-order valence-corrected chi connectivity index (χ2v) is 14.5. The maximum absolute atomic E-state index is 15.7. The van der Waals surface area contributed by atoms with E-state index in [1.165, 1.54) is 0 Å². The number of nitrogens with zero attached hydrogens (tertiary/aromatic N) is 3. The number of ether oxygens (including phenoxy) is 2. The molecular weight excluding hydrogens is 708 g/mol. The van der Waals surface area contributed by atoms with E-state index in [1.54, 1.807) is 19.1 Å². The maximum atomic E-state index is 15.7. The summed E-state index contributed by atoms with van der Waals surface area (Å²) in [5.74, 6) is -0.744. The first-order chi connectivity index (χ1) is 25.0. The highest BCUT2D eigenvalue weighted by atomic mass is 35.5. The zero-order valence-electron chi connectivity index (χ0n) is 29.7. The van der Waals surface area contributed by atoms with E-state index >= 15 is 4.39 Å². The van der Waals surface area contributed by atoms with Gasteiger partial charge in [-0.15, -0.1) is 5.48 Å². The second kappa shape index (κ2) is 15.1. The van der Waals surface area contributed by atoms with E-state index in [-0.39, 0.29) is 53.0 Å². The number of carbonyl (C=O) groups is 2. The standard InChI is InChI=1S/C39H42Cl2FN5O5/c1-5-50-32-18-33(35(41)36(42)27(32)19-43-52-39(49)22-12-13-22)51-31-15-14-24-23(8-6-9-25(24)31)26-10-7-11-28(34(26)40)45-38(48)37-44-29-20-47(21(2)3)17-16-30(29)46(37)4/h6-11,18,21-22,31,43H,5,12-17,19-20H2,1-4H3,(H,45,48). The van der Waals surface area contributed by atoms with Gasteiger partial charge in [0.15, 0.2) is 11.6 Å². The van der Waals surface area contributed by atoms with E-state index in [9.17, 15) is 9.59 Å². The second-order valence-electron chi connectivity index (χ2n) is 13.8. The van der Waals surface area contributed by atoms with Gasteiger partial charge < -0.3 is 24.2 Å². The smallest absolute Gasteiger partial charge is 0.327 e. The Morgan fingerprint density at radius 1 is 1.04 bits per heavy atom. The van der Waals surface area contributed by atoms with Gasteiger partial charge in [0, 0.05) is 55.5 Å². The molecule has 1 fully saturated rings. The first-order valence-electron chi connectivity index (χ1n) is 17.8. The van der Waals surface area contributed by atoms with Crippen LogP contribution >= 0.6 is 23.2 Å². The van der Waals surface area contributed by atoms with Crippen molar-refractivity contribution in [3.05, 3.63) is 92.2 Å². The Balaban J connectivity index is 1.10. The number of halogens is 3. The normalized spacial score (nSPS) is 16.8. The van der Waals surface area contributed by atoms with Gasteiger partial charge in [-0.2, -0.15) is 0 Å². The number of nitrogens with one attached hydrogen (secondary N) is 2. The van der Waals surface area contributed by atoms with Gasteiger partial charge in [-0.3, -0.25) is 14.5 Å². The number of imidazole rings is 1. The van der Waals surface area contributed by atoms with Crippen molar-refractivity contribution in [3.63, 3.8) is 0 Å². The molecule has 1 aliphatic heterocycles. The molecule has 1 amide bonds. The van der Waals surface area contributed by atoms with Crippen molar-refractivity contribution in [2.45, 2.75) is 78.1 Å². The zero-order chi connectivity index (χ0) is 36.7. The summed E-state index contributed by atoms with van der Waals surface area (Å²) in [6, 6.07) is 13.5. The molecule has 2 N–H and O–H groups in total. The third-order valence-corrected chi connectivity index (χ3v) is 10.9. The molecule has 3 aromatic carbocycles. The first kappa shape index (κ1) is 36.2. The number of amides is 1. The highest BCUT2D eigenvalue weighted by molar-refractivity contribution is 6.36. The van der Waals surface area contributed by atoms with Gasteiger partial charge in [0.25, 0.3) is 5.91 Å². The van der Waals surface area contributed by atoms with Gasteiger partial charge in [-0.1, -0.05) is 53.5 Å². The lowest BCUT2D eigenvalue weighted by Crippen LogP contribution is -2.36. The van der Waals surface area contributed by atoms with Crippen molar-refractivity contribution in [1.29, 1.82) is 0 Å². The number of benzene rings is 3. The van der Waals surface area contributed by atoms with E-state index in [0.717, 1.165) is 59.4 Å². The molecule has 274 valence electrons. The van der Waals surface area contributed by atoms with E-state index in [1.807, 2.05) is 41.9 Å². The molecular formula is C39H42Cl2FN5O5. The van der Waals surface area contributed by atoms with E-state index in [2.05, 4.69) is 29.5 Å². The fraction of sp³-hybridized carbons (Fsp3) is 0.410. The van der Waals surface area contributed by atoms with Crippen molar-refractivity contribution >= 4 is 40.8 Å². The largest absolute Gasteiger partial charge is 0.493 e. The predicted molar refractivity (Wildman–Crippen MR) is 197 cm³/mol. The summed E-state index contributed by atoms with van der Waals surface area (Å²) in [6.45, 7) is 7.93. The monoisotopic (exact) mass is 749 g/mol. The van der Waals surface area contributed by atoms with Crippen molar-refractivity contribution in [2.24, 2.45) is 13.0 Å². The molecule has 0 bridgehead atoms. The van der Waals surface area contributed by atoms with Crippen LogP contribution in [0.2, 0.25) is 10.0 Å². The summed E-state index contributed by atoms with van der Waals surface area (Å²) in [5.41, 5.74) is 8.85. The molecule has 1 unspecified atom stereocenters. The molecule has 52 heavy (non-hydrogen) atoms. The summed E-state index contributed by atoms with van der Waals surface area (Å²) < 4.78 is 29.7. The highest BCUT2D eigenvalue weighted by Crippen LogP contribution is 2.45. The van der Waals surface area contributed by atoms with Crippen LogP contribution in [0, 0.1) is 11.7 Å². The molecule has 0 spiro atoms. The lowest BCUT2D eigenvalue weighted by Gasteiger charge is -2.29. The van der Waals surface area contributed by atoms with Crippen LogP contribution < -0.4 is 20.3 Å². The maximum Gasteiger partial charge on any atom is 0.327 e. The van der Waals surface area contributed by atoms with E-state index in [0.29, 0.717) is 42.0 Å². The van der Waals surface area contributed by atoms with Gasteiger partial charge in [-0.05, 0) is 69.2 Å². The van der Waals surface area contributed by atoms with Crippen LogP contribution in [0.25, 0.3) is 11.1 Å². The van der Waals surface area contributed by atoms with Crippen LogP contribution in [-0.2, 0) is 42.6 Å². The van der Waals surface area contributed by atoms with Crippen LogP contribution in [-0.4, -0.2) is 45.5 Å². The fourth-order valence-electron chi connectivity index (χ4n) is 7.09. The molecule has 7 rings (SSSR count). The van der Waals surface area contributed by atoms with Crippen molar-refractivity contribution < 1.29 is 28.3 Å². The quantitative estimate of drug-likeness (QED) is 0.141. The van der Waals surface area contributed by atoms with Gasteiger partial charge in [0.2, 0.25) is 0 Å². The first-order valence-corrected chi connectivity index (χ1v) is 18.6. The number of rotatable bonds is 12. The summed E-state index contributed by atoms with van der Waals surface area (Å²) in [6.07, 6.45) is 3.33. The fourth-order valence-corrected chi connectivity index (χ4v) is 7.57. The minimum Gasteiger partial charge on any atom is -0.493 e. The van der Waals surface area contributed by atoms with Crippen LogP contribution in [0.4, 0.5) is 10.1 Å². The molecule has 0 radical (unpaired) electrons. The Bertz CT molecular complexity index is 2030. The zero-order valence-corrected chi connectivity index (χ0v) is 31.2. The Kier molecular flexibility index (Phi) is 10.5. The van der Waals surface area contributed by atoms with E-state index < -0.39 is 11.9 Å². The predicted octanol–water partition coefficient (Wildman–Crippen LogP) is 7.97. The Hall–Kier alpha value is -4.16. The molecule has 13 heteroatoms. The lowest BCUT2D eigenvalue weighted by molar-refractivity contribution is -0.153. The molecule has 1 atom stereocenters. The minimum atomic E-state index is -0.710. The van der Waals surface area contributed by atoms with Crippen molar-refractivity contribution in [1.82, 2.24) is 19.9 Å².